The zero-order valence-corrected chi connectivity index (χ0v) is 8.53. The number of thioether (sulfide) groups is 1. The highest BCUT2D eigenvalue weighted by molar-refractivity contribution is 7.98. The van der Waals surface area contributed by atoms with Gasteiger partial charge in [0.1, 0.15) is 5.82 Å². The number of hydrogen-bond donors (Lipinski definition) is 1. The van der Waals surface area contributed by atoms with Crippen molar-refractivity contribution in [3.05, 3.63) is 29.6 Å². The van der Waals surface area contributed by atoms with Gasteiger partial charge in [0.05, 0.1) is 0 Å². The van der Waals surface area contributed by atoms with Gasteiger partial charge < -0.3 is 5.73 Å². The van der Waals surface area contributed by atoms with Gasteiger partial charge in [-0.15, -0.1) is 11.8 Å². The normalized spacial score (nSPS) is 10.4. The molecule has 72 valence electrons. The van der Waals surface area contributed by atoms with Gasteiger partial charge >= 0.3 is 0 Å². The number of hydrogen-bond acceptors (Lipinski definition) is 2. The molecule has 1 aromatic rings. The van der Waals surface area contributed by atoms with E-state index in [1.165, 1.54) is 0 Å². The van der Waals surface area contributed by atoms with Crippen LogP contribution in [0.15, 0.2) is 23.1 Å². The lowest BCUT2D eigenvalue weighted by Gasteiger charge is -2.03. The van der Waals surface area contributed by atoms with Gasteiger partial charge in [-0.2, -0.15) is 0 Å². The van der Waals surface area contributed by atoms with Gasteiger partial charge in [0.15, 0.2) is 0 Å². The number of rotatable bonds is 4. The second kappa shape index (κ2) is 5.25. The average Bonchev–Trinajstić information content (AvgIpc) is 2.16. The van der Waals surface area contributed by atoms with Gasteiger partial charge in [-0.05, 0) is 43.3 Å². The van der Waals surface area contributed by atoms with E-state index >= 15 is 0 Å². The molecule has 0 heterocycles. The van der Waals surface area contributed by atoms with Crippen LogP contribution in [0.5, 0.6) is 0 Å². The fourth-order valence-electron chi connectivity index (χ4n) is 1.15. The Labute approximate surface area is 82.5 Å². The predicted molar refractivity (Wildman–Crippen MR) is 55.6 cm³/mol. The molecule has 0 aliphatic rings. The lowest BCUT2D eigenvalue weighted by molar-refractivity contribution is 0.601. The van der Waals surface area contributed by atoms with Crippen LogP contribution in [-0.4, -0.2) is 12.8 Å². The van der Waals surface area contributed by atoms with E-state index < -0.39 is 0 Å². The number of nitrogens with two attached hydrogens (primary N) is 1. The molecule has 0 saturated carbocycles. The molecule has 0 aliphatic carbocycles. The highest BCUT2D eigenvalue weighted by atomic mass is 32.2. The zero-order valence-electron chi connectivity index (χ0n) is 7.72. The maximum absolute atomic E-state index is 13.3. The van der Waals surface area contributed by atoms with Crippen molar-refractivity contribution in [2.24, 2.45) is 5.73 Å². The van der Waals surface area contributed by atoms with Gasteiger partial charge in [0.2, 0.25) is 0 Å². The summed E-state index contributed by atoms with van der Waals surface area (Å²) < 4.78 is 13.3. The van der Waals surface area contributed by atoms with Crippen molar-refractivity contribution >= 4 is 11.8 Å². The van der Waals surface area contributed by atoms with E-state index in [9.17, 15) is 4.39 Å². The molecule has 0 spiro atoms. The monoisotopic (exact) mass is 199 g/mol. The molecule has 0 saturated heterocycles. The summed E-state index contributed by atoms with van der Waals surface area (Å²) in [5.41, 5.74) is 6.12. The van der Waals surface area contributed by atoms with Crippen LogP contribution >= 0.6 is 11.8 Å². The van der Waals surface area contributed by atoms with Crippen LogP contribution in [0.2, 0.25) is 0 Å². The molecule has 1 rings (SSSR count). The van der Waals surface area contributed by atoms with Crippen molar-refractivity contribution in [3.8, 4) is 0 Å². The summed E-state index contributed by atoms with van der Waals surface area (Å²) >= 11 is 1.55. The first-order valence-corrected chi connectivity index (χ1v) is 5.53. The van der Waals surface area contributed by atoms with Crippen LogP contribution in [-0.2, 0) is 6.42 Å². The van der Waals surface area contributed by atoms with E-state index in [-0.39, 0.29) is 5.82 Å². The number of benzene rings is 1. The van der Waals surface area contributed by atoms with Gasteiger partial charge in [0.25, 0.3) is 0 Å². The summed E-state index contributed by atoms with van der Waals surface area (Å²) in [7, 11) is 0. The lowest BCUT2D eigenvalue weighted by atomic mass is 10.1. The molecule has 1 aromatic carbocycles. The maximum atomic E-state index is 13.3. The molecule has 0 unspecified atom stereocenters. The van der Waals surface area contributed by atoms with E-state index in [4.69, 9.17) is 5.73 Å². The summed E-state index contributed by atoms with van der Waals surface area (Å²) in [6, 6.07) is 5.37. The summed E-state index contributed by atoms with van der Waals surface area (Å²) in [5, 5.41) is 0. The van der Waals surface area contributed by atoms with Crippen LogP contribution in [0, 0.1) is 5.82 Å². The molecule has 1 nitrogen and oxygen atoms in total. The first kappa shape index (κ1) is 10.5. The quantitative estimate of drug-likeness (QED) is 0.754. The Balaban J connectivity index is 2.73. The highest BCUT2D eigenvalue weighted by Crippen LogP contribution is 2.18. The Morgan fingerprint density at radius 3 is 2.77 bits per heavy atom. The SMILES string of the molecule is CSc1ccc(CCCN)c(F)c1. The third kappa shape index (κ3) is 3.01. The summed E-state index contributed by atoms with van der Waals surface area (Å²) in [6.45, 7) is 0.615. The highest BCUT2D eigenvalue weighted by Gasteiger charge is 2.02. The van der Waals surface area contributed by atoms with Crippen LogP contribution in [0.4, 0.5) is 4.39 Å². The molecule has 0 aromatic heterocycles. The molecule has 0 fully saturated rings. The third-order valence-corrected chi connectivity index (χ3v) is 2.64. The maximum Gasteiger partial charge on any atom is 0.127 e. The fraction of sp³-hybridized carbons (Fsp3) is 0.400. The van der Waals surface area contributed by atoms with E-state index in [0.29, 0.717) is 6.54 Å². The van der Waals surface area contributed by atoms with Gasteiger partial charge in [0, 0.05) is 4.90 Å². The van der Waals surface area contributed by atoms with E-state index in [1.807, 2.05) is 18.4 Å². The molecule has 3 heteroatoms. The zero-order chi connectivity index (χ0) is 9.68. The minimum atomic E-state index is -0.111. The van der Waals surface area contributed by atoms with Crippen LogP contribution in [0.3, 0.4) is 0 Å². The third-order valence-electron chi connectivity index (χ3n) is 1.91. The molecule has 2 N–H and O–H groups in total. The van der Waals surface area contributed by atoms with Crippen LogP contribution in [0.25, 0.3) is 0 Å². The molecular formula is C10H14FNS. The minimum absolute atomic E-state index is 0.111. The second-order valence-electron chi connectivity index (χ2n) is 2.85. The lowest BCUT2D eigenvalue weighted by Crippen LogP contribution is -2.01. The largest absolute Gasteiger partial charge is 0.330 e. The van der Waals surface area contributed by atoms with Gasteiger partial charge in [-0.25, -0.2) is 4.39 Å². The van der Waals surface area contributed by atoms with Crippen molar-refractivity contribution < 1.29 is 4.39 Å². The smallest absolute Gasteiger partial charge is 0.127 e. The Morgan fingerprint density at radius 2 is 2.23 bits per heavy atom. The topological polar surface area (TPSA) is 26.0 Å². The standard InChI is InChI=1S/C10H14FNS/c1-13-9-5-4-8(3-2-6-12)10(11)7-9/h4-5,7H,2-3,6,12H2,1H3. The van der Waals surface area contributed by atoms with Crippen LogP contribution < -0.4 is 5.73 Å². The predicted octanol–water partition coefficient (Wildman–Crippen LogP) is 2.44. The van der Waals surface area contributed by atoms with Crippen molar-refractivity contribution in [2.45, 2.75) is 17.7 Å². The average molecular weight is 199 g/mol. The van der Waals surface area contributed by atoms with Crippen molar-refractivity contribution in [1.29, 1.82) is 0 Å². The Bertz CT molecular complexity index is 276. The minimum Gasteiger partial charge on any atom is -0.330 e. The molecule has 0 bridgehead atoms. The van der Waals surface area contributed by atoms with Gasteiger partial charge in [-0.3, -0.25) is 0 Å². The Morgan fingerprint density at radius 1 is 1.46 bits per heavy atom. The van der Waals surface area contributed by atoms with Crippen molar-refractivity contribution in [3.63, 3.8) is 0 Å². The first-order valence-electron chi connectivity index (χ1n) is 4.30. The van der Waals surface area contributed by atoms with Crippen molar-refractivity contribution in [2.75, 3.05) is 12.8 Å². The number of halogens is 1. The second-order valence-corrected chi connectivity index (χ2v) is 3.73. The molecule has 0 radical (unpaired) electrons. The molecule has 0 amide bonds. The molecule has 0 atom stereocenters. The van der Waals surface area contributed by atoms with Crippen LogP contribution in [0.1, 0.15) is 12.0 Å². The molecular weight excluding hydrogens is 185 g/mol. The summed E-state index contributed by atoms with van der Waals surface area (Å²) in [5.74, 6) is -0.111. The van der Waals surface area contributed by atoms with E-state index in [1.54, 1.807) is 17.8 Å². The van der Waals surface area contributed by atoms with Gasteiger partial charge in [-0.1, -0.05) is 6.07 Å². The molecule has 0 aliphatic heterocycles. The summed E-state index contributed by atoms with van der Waals surface area (Å²) in [4.78, 5) is 0.967. The Hall–Kier alpha value is -0.540. The fourth-order valence-corrected chi connectivity index (χ4v) is 1.58. The summed E-state index contributed by atoms with van der Waals surface area (Å²) in [6.07, 6.45) is 3.51. The molecule has 13 heavy (non-hydrogen) atoms. The first-order chi connectivity index (χ1) is 6.27. The van der Waals surface area contributed by atoms with Crippen molar-refractivity contribution in [1.82, 2.24) is 0 Å². The van der Waals surface area contributed by atoms with E-state index in [2.05, 4.69) is 0 Å². The number of aryl methyl sites for hydroxylation is 1. The Kier molecular flexibility index (Phi) is 4.25. The van der Waals surface area contributed by atoms with E-state index in [0.717, 1.165) is 23.3 Å².